The van der Waals surface area contributed by atoms with Crippen molar-refractivity contribution in [1.29, 1.82) is 0 Å². The summed E-state index contributed by atoms with van der Waals surface area (Å²) >= 11 is 13.9. The van der Waals surface area contributed by atoms with Crippen molar-refractivity contribution in [2.45, 2.75) is 26.2 Å². The number of hydrogen-bond donors (Lipinski definition) is 1. The monoisotopic (exact) mass is 387 g/mol. The van der Waals surface area contributed by atoms with Crippen molar-refractivity contribution >= 4 is 46.8 Å². The normalized spacial score (nSPS) is 17.7. The maximum atomic E-state index is 12.5. The molecule has 1 aromatic carbocycles. The van der Waals surface area contributed by atoms with E-state index in [1.165, 1.54) is 0 Å². The Morgan fingerprint density at radius 1 is 1.42 bits per heavy atom. The molecule has 4 nitrogen and oxygen atoms in total. The number of rotatable bonds is 6. The van der Waals surface area contributed by atoms with Crippen LogP contribution >= 0.6 is 35.0 Å². The summed E-state index contributed by atoms with van der Waals surface area (Å²) in [6.07, 6.45) is 0.146. The summed E-state index contributed by atoms with van der Waals surface area (Å²) < 4.78 is 5.37. The van der Waals surface area contributed by atoms with E-state index in [2.05, 4.69) is 5.32 Å². The molecule has 0 radical (unpaired) electrons. The van der Waals surface area contributed by atoms with Crippen LogP contribution in [0.1, 0.15) is 31.7 Å². The van der Waals surface area contributed by atoms with Crippen LogP contribution in [-0.4, -0.2) is 30.0 Å². The average Bonchev–Trinajstić information content (AvgIpc) is 2.50. The lowest BCUT2D eigenvalue weighted by Gasteiger charge is -2.27. The van der Waals surface area contributed by atoms with Crippen molar-refractivity contribution in [3.8, 4) is 0 Å². The molecule has 0 saturated heterocycles. The molecule has 0 aliphatic carbocycles. The number of thioether (sulfide) groups is 1. The molecule has 1 aliphatic rings. The molecular weight excluding hydrogens is 369 g/mol. The number of carbonyl (C=O) groups excluding carboxylic acids is 2. The van der Waals surface area contributed by atoms with Gasteiger partial charge in [-0.25, -0.2) is 4.79 Å². The molecule has 7 heteroatoms. The molecule has 1 amide bonds. The third-order valence-corrected chi connectivity index (χ3v) is 5.12. The number of hydrogen-bond acceptors (Lipinski definition) is 4. The predicted octanol–water partition coefficient (Wildman–Crippen LogP) is 4.17. The first-order valence-corrected chi connectivity index (χ1v) is 9.55. The Hall–Kier alpha value is -1.17. The number of carbonyl (C=O) groups is 2. The second-order valence-corrected chi connectivity index (χ2v) is 7.58. The fraction of sp³-hybridized carbons (Fsp3) is 0.412. The summed E-state index contributed by atoms with van der Waals surface area (Å²) in [6, 6.07) is 5.06. The summed E-state index contributed by atoms with van der Waals surface area (Å²) in [7, 11) is 0. The second kappa shape index (κ2) is 8.79. The molecule has 0 bridgehead atoms. The quantitative estimate of drug-likeness (QED) is 0.587. The van der Waals surface area contributed by atoms with Gasteiger partial charge in [-0.2, -0.15) is 11.8 Å². The molecule has 0 spiro atoms. The van der Waals surface area contributed by atoms with Crippen LogP contribution in [0.5, 0.6) is 0 Å². The zero-order chi connectivity index (χ0) is 17.7. The van der Waals surface area contributed by atoms with Crippen LogP contribution in [0.15, 0.2) is 29.5 Å². The lowest BCUT2D eigenvalue weighted by Crippen LogP contribution is -2.34. The summed E-state index contributed by atoms with van der Waals surface area (Å²) in [6.45, 7) is 4.09. The zero-order valence-electron chi connectivity index (χ0n) is 13.5. The minimum atomic E-state index is -0.435. The van der Waals surface area contributed by atoms with Gasteiger partial charge in [0.2, 0.25) is 5.91 Å². The van der Waals surface area contributed by atoms with Crippen molar-refractivity contribution in [3.05, 3.63) is 45.1 Å². The number of allylic oxidation sites excluding steroid dienone is 1. The van der Waals surface area contributed by atoms with E-state index < -0.39 is 11.9 Å². The second-order valence-electron chi connectivity index (χ2n) is 5.34. The molecule has 2 rings (SSSR count). The van der Waals surface area contributed by atoms with Crippen molar-refractivity contribution in [2.24, 2.45) is 0 Å². The highest BCUT2D eigenvalue weighted by Crippen LogP contribution is 2.38. The Morgan fingerprint density at radius 2 is 2.17 bits per heavy atom. The number of esters is 1. The van der Waals surface area contributed by atoms with Gasteiger partial charge in [-0.3, -0.25) is 4.79 Å². The standard InChI is InChI=1S/C17H19Cl2NO3S/c1-3-24-7-6-23-17(22)16-10(2)20-15(21)9-13(16)12-5-4-11(18)8-14(12)19/h4-5,8,13H,3,6-7,9H2,1-2H3,(H,20,21)/t13-/m0/s1. The van der Waals surface area contributed by atoms with E-state index in [9.17, 15) is 9.59 Å². The summed E-state index contributed by atoms with van der Waals surface area (Å²) in [5.41, 5.74) is 1.65. The molecular formula is C17H19Cl2NO3S. The summed E-state index contributed by atoms with van der Waals surface area (Å²) in [5.74, 6) is 0.711. The van der Waals surface area contributed by atoms with Crippen LogP contribution in [0.25, 0.3) is 0 Å². The largest absolute Gasteiger partial charge is 0.461 e. The fourth-order valence-electron chi connectivity index (χ4n) is 2.64. The highest BCUT2D eigenvalue weighted by atomic mass is 35.5. The van der Waals surface area contributed by atoms with Gasteiger partial charge in [-0.05, 0) is 30.4 Å². The predicted molar refractivity (Wildman–Crippen MR) is 98.6 cm³/mol. The minimum absolute atomic E-state index is 0.146. The minimum Gasteiger partial charge on any atom is -0.461 e. The van der Waals surface area contributed by atoms with Crippen LogP contribution < -0.4 is 5.32 Å². The Kier molecular flexibility index (Phi) is 7.02. The van der Waals surface area contributed by atoms with E-state index in [1.54, 1.807) is 36.9 Å². The van der Waals surface area contributed by atoms with Crippen LogP contribution in [0.2, 0.25) is 10.0 Å². The number of benzene rings is 1. The van der Waals surface area contributed by atoms with E-state index in [1.807, 2.05) is 6.92 Å². The molecule has 1 aromatic rings. The molecule has 0 unspecified atom stereocenters. The van der Waals surface area contributed by atoms with Crippen LogP contribution in [0.3, 0.4) is 0 Å². The van der Waals surface area contributed by atoms with E-state index in [4.69, 9.17) is 27.9 Å². The fourth-order valence-corrected chi connectivity index (χ4v) is 3.67. The van der Waals surface area contributed by atoms with Gasteiger partial charge in [-0.1, -0.05) is 36.2 Å². The topological polar surface area (TPSA) is 55.4 Å². The van der Waals surface area contributed by atoms with Crippen molar-refractivity contribution in [3.63, 3.8) is 0 Å². The van der Waals surface area contributed by atoms with Gasteiger partial charge >= 0.3 is 5.97 Å². The van der Waals surface area contributed by atoms with E-state index in [0.29, 0.717) is 33.5 Å². The molecule has 1 aliphatic heterocycles. The van der Waals surface area contributed by atoms with E-state index in [-0.39, 0.29) is 12.3 Å². The van der Waals surface area contributed by atoms with Gasteiger partial charge in [0.05, 0.1) is 5.57 Å². The van der Waals surface area contributed by atoms with Crippen molar-refractivity contribution < 1.29 is 14.3 Å². The van der Waals surface area contributed by atoms with Crippen molar-refractivity contribution in [2.75, 3.05) is 18.1 Å². The maximum absolute atomic E-state index is 12.5. The SMILES string of the molecule is CCSCCOC(=O)C1=C(C)NC(=O)C[C@H]1c1ccc(Cl)cc1Cl. The Labute approximate surface area is 155 Å². The number of nitrogens with one attached hydrogen (secondary N) is 1. The molecule has 1 N–H and O–H groups in total. The molecule has 0 saturated carbocycles. The third kappa shape index (κ3) is 4.68. The molecule has 0 fully saturated rings. The van der Waals surface area contributed by atoms with Gasteiger partial charge in [-0.15, -0.1) is 0 Å². The van der Waals surface area contributed by atoms with Crippen LogP contribution in [0, 0.1) is 0 Å². The molecule has 130 valence electrons. The highest BCUT2D eigenvalue weighted by Gasteiger charge is 2.33. The van der Waals surface area contributed by atoms with Gasteiger partial charge < -0.3 is 10.1 Å². The molecule has 1 heterocycles. The van der Waals surface area contributed by atoms with E-state index >= 15 is 0 Å². The van der Waals surface area contributed by atoms with Crippen LogP contribution in [-0.2, 0) is 14.3 Å². The van der Waals surface area contributed by atoms with Gasteiger partial charge in [0, 0.05) is 33.8 Å². The molecule has 1 atom stereocenters. The van der Waals surface area contributed by atoms with E-state index in [0.717, 1.165) is 11.5 Å². The van der Waals surface area contributed by atoms with Gasteiger partial charge in [0.15, 0.2) is 0 Å². The lowest BCUT2D eigenvalue weighted by atomic mass is 9.84. The highest BCUT2D eigenvalue weighted by molar-refractivity contribution is 7.99. The number of ether oxygens (including phenoxy) is 1. The molecule has 0 aromatic heterocycles. The summed E-state index contributed by atoms with van der Waals surface area (Å²) in [5, 5.41) is 3.65. The first kappa shape index (κ1) is 19.2. The van der Waals surface area contributed by atoms with Crippen molar-refractivity contribution in [1.82, 2.24) is 5.32 Å². The van der Waals surface area contributed by atoms with Gasteiger partial charge in [0.25, 0.3) is 0 Å². The van der Waals surface area contributed by atoms with Crippen LogP contribution in [0.4, 0.5) is 0 Å². The average molecular weight is 388 g/mol. The number of amides is 1. The Bertz CT molecular complexity index is 676. The first-order chi connectivity index (χ1) is 11.4. The smallest absolute Gasteiger partial charge is 0.336 e. The number of halogens is 2. The van der Waals surface area contributed by atoms with Gasteiger partial charge in [0.1, 0.15) is 6.61 Å². The molecule has 24 heavy (non-hydrogen) atoms. The zero-order valence-corrected chi connectivity index (χ0v) is 15.9. The third-order valence-electron chi connectivity index (χ3n) is 3.69. The Balaban J connectivity index is 2.28. The first-order valence-electron chi connectivity index (χ1n) is 7.64. The lowest BCUT2D eigenvalue weighted by molar-refractivity contribution is -0.139. The maximum Gasteiger partial charge on any atom is 0.336 e. The summed E-state index contributed by atoms with van der Waals surface area (Å²) in [4.78, 5) is 24.5. The Morgan fingerprint density at radius 3 is 2.83 bits per heavy atom.